The predicted molar refractivity (Wildman–Crippen MR) is 160 cm³/mol. The van der Waals surface area contributed by atoms with Gasteiger partial charge in [0.05, 0.1) is 13.2 Å². The highest BCUT2D eigenvalue weighted by Gasteiger charge is 2.35. The van der Waals surface area contributed by atoms with E-state index in [0.717, 1.165) is 83.7 Å². The molecule has 4 rings (SSSR count). The molecule has 4 aliphatic carbocycles. The lowest BCUT2D eigenvalue weighted by Crippen LogP contribution is -2.28. The van der Waals surface area contributed by atoms with Gasteiger partial charge in [-0.3, -0.25) is 9.59 Å². The molecule has 6 nitrogen and oxygen atoms in total. The Bertz CT molecular complexity index is 1120. The van der Waals surface area contributed by atoms with E-state index in [1.54, 1.807) is 13.8 Å². The zero-order valence-corrected chi connectivity index (χ0v) is 25.4. The van der Waals surface area contributed by atoms with Gasteiger partial charge in [0.25, 0.3) is 0 Å². The van der Waals surface area contributed by atoms with Crippen molar-refractivity contribution in [2.75, 3.05) is 26.3 Å². The number of ether oxygens (including phenoxy) is 2. The number of carbonyl (C=O) groups excluding carboxylic acids is 2. The molecule has 0 bridgehead atoms. The van der Waals surface area contributed by atoms with Crippen LogP contribution in [0.15, 0.2) is 68.5 Å². The second kappa shape index (κ2) is 13.6. The van der Waals surface area contributed by atoms with Gasteiger partial charge in [-0.1, -0.05) is 24.0 Å². The van der Waals surface area contributed by atoms with Gasteiger partial charge in [0.15, 0.2) is 11.6 Å². The van der Waals surface area contributed by atoms with Crippen molar-refractivity contribution >= 4 is 11.6 Å². The number of Topliss-reactive ketones (excluding diaryl/α,β-unsaturated/α-hetero) is 2. The topological polar surface area (TPSA) is 76.7 Å². The van der Waals surface area contributed by atoms with E-state index < -0.39 is 0 Å². The molecule has 0 saturated heterocycles. The first-order chi connectivity index (χ1) is 19.3. The Morgan fingerprint density at radius 3 is 1.45 bits per heavy atom. The lowest BCUT2D eigenvalue weighted by atomic mass is 9.83. The largest absolute Gasteiger partial charge is 0.498 e. The van der Waals surface area contributed by atoms with Gasteiger partial charge in [0.1, 0.15) is 11.5 Å². The summed E-state index contributed by atoms with van der Waals surface area (Å²) in [6.45, 7) is 13.9. The summed E-state index contributed by atoms with van der Waals surface area (Å²) in [6, 6.07) is 0. The van der Waals surface area contributed by atoms with Crippen LogP contribution in [0.1, 0.15) is 92.9 Å². The zero-order chi connectivity index (χ0) is 28.8. The van der Waals surface area contributed by atoms with E-state index in [4.69, 9.17) is 9.47 Å². The highest BCUT2D eigenvalue weighted by Crippen LogP contribution is 2.46. The molecule has 0 amide bonds. The van der Waals surface area contributed by atoms with Gasteiger partial charge in [-0.25, -0.2) is 0 Å². The minimum absolute atomic E-state index is 0.0716. The molecule has 2 fully saturated rings. The molecule has 0 aromatic carbocycles. The Kier molecular flexibility index (Phi) is 10.2. The van der Waals surface area contributed by atoms with Crippen molar-refractivity contribution in [3.05, 3.63) is 68.5 Å². The molecule has 2 N–H and O–H groups in total. The monoisotopic (exact) mass is 548 g/mol. The maximum absolute atomic E-state index is 12.9. The van der Waals surface area contributed by atoms with Gasteiger partial charge >= 0.3 is 0 Å². The number of rotatable bonds is 13. The molecule has 0 radical (unpaired) electrons. The maximum Gasteiger partial charge on any atom is 0.162 e. The molecule has 40 heavy (non-hydrogen) atoms. The third kappa shape index (κ3) is 6.31. The van der Waals surface area contributed by atoms with Crippen molar-refractivity contribution in [3.8, 4) is 0 Å². The molecule has 6 heteroatoms. The molecule has 4 aliphatic rings. The molecule has 2 atom stereocenters. The fourth-order valence-corrected chi connectivity index (χ4v) is 7.04. The molecule has 0 unspecified atom stereocenters. The van der Waals surface area contributed by atoms with E-state index in [1.807, 2.05) is 27.7 Å². The van der Waals surface area contributed by atoms with Crippen LogP contribution >= 0.6 is 0 Å². The van der Waals surface area contributed by atoms with Gasteiger partial charge in [-0.15, -0.1) is 0 Å². The van der Waals surface area contributed by atoms with Gasteiger partial charge in [-0.05, 0) is 103 Å². The predicted octanol–water partition coefficient (Wildman–Crippen LogP) is 6.73. The molecule has 218 valence electrons. The Morgan fingerprint density at radius 1 is 0.700 bits per heavy atom. The summed E-state index contributed by atoms with van der Waals surface area (Å²) in [5.74, 6) is 2.81. The quantitative estimate of drug-likeness (QED) is 0.196. The van der Waals surface area contributed by atoms with Crippen molar-refractivity contribution in [1.82, 2.24) is 10.6 Å². The van der Waals surface area contributed by atoms with Crippen LogP contribution in [-0.2, 0) is 19.1 Å². The van der Waals surface area contributed by atoms with Gasteiger partial charge in [0, 0.05) is 47.5 Å². The van der Waals surface area contributed by atoms with E-state index in [2.05, 4.69) is 22.8 Å². The van der Waals surface area contributed by atoms with Gasteiger partial charge < -0.3 is 20.1 Å². The highest BCUT2D eigenvalue weighted by molar-refractivity contribution is 6.00. The number of nitrogens with one attached hydrogen (secondary N) is 2. The molecule has 0 aromatic heterocycles. The van der Waals surface area contributed by atoms with E-state index >= 15 is 0 Å². The van der Waals surface area contributed by atoms with E-state index in [0.29, 0.717) is 38.1 Å². The fourth-order valence-electron chi connectivity index (χ4n) is 7.04. The third-order valence-electron chi connectivity index (χ3n) is 8.69. The minimum atomic E-state index is 0.0716. The van der Waals surface area contributed by atoms with Crippen LogP contribution in [0.3, 0.4) is 0 Å². The minimum Gasteiger partial charge on any atom is -0.498 e. The first-order valence-electron chi connectivity index (χ1n) is 15.3. The van der Waals surface area contributed by atoms with Crippen LogP contribution in [0.2, 0.25) is 0 Å². The summed E-state index contributed by atoms with van der Waals surface area (Å²) in [6.07, 6.45) is 13.2. The number of hydrogen-bond donors (Lipinski definition) is 2. The Hall–Kier alpha value is -3.02. The Balaban J connectivity index is 1.50. The number of allylic oxidation sites excluding steroid dienone is 10. The maximum atomic E-state index is 12.9. The third-order valence-corrected chi connectivity index (χ3v) is 8.69. The normalized spacial score (nSPS) is 23.4. The van der Waals surface area contributed by atoms with Crippen molar-refractivity contribution in [2.45, 2.75) is 92.9 Å². The second-order valence-corrected chi connectivity index (χ2v) is 11.4. The summed E-state index contributed by atoms with van der Waals surface area (Å²) in [7, 11) is 0. The molecule has 0 spiro atoms. The average molecular weight is 549 g/mol. The average Bonchev–Trinajstić information content (AvgIpc) is 3.46. The summed E-state index contributed by atoms with van der Waals surface area (Å²) in [4.78, 5) is 25.7. The number of fused-ring (bicyclic) bond motifs is 2. The smallest absolute Gasteiger partial charge is 0.162 e. The lowest BCUT2D eigenvalue weighted by molar-refractivity contribution is -0.114. The van der Waals surface area contributed by atoms with Crippen LogP contribution in [0.4, 0.5) is 0 Å². The summed E-state index contributed by atoms with van der Waals surface area (Å²) in [5.41, 5.74) is 8.14. The first kappa shape index (κ1) is 30.0. The number of ketones is 2. The van der Waals surface area contributed by atoms with Crippen molar-refractivity contribution in [2.24, 2.45) is 11.8 Å². The second-order valence-electron chi connectivity index (χ2n) is 11.4. The first-order valence-corrected chi connectivity index (χ1v) is 15.3. The van der Waals surface area contributed by atoms with Gasteiger partial charge in [-0.2, -0.15) is 0 Å². The Morgan fingerprint density at radius 2 is 1.10 bits per heavy atom. The van der Waals surface area contributed by atoms with E-state index in [-0.39, 0.29) is 11.6 Å². The lowest BCUT2D eigenvalue weighted by Gasteiger charge is -2.25. The van der Waals surface area contributed by atoms with Crippen molar-refractivity contribution in [3.63, 3.8) is 0 Å². The zero-order valence-electron chi connectivity index (χ0n) is 25.4. The van der Waals surface area contributed by atoms with Gasteiger partial charge in [0.2, 0.25) is 0 Å². The van der Waals surface area contributed by atoms with Crippen LogP contribution < -0.4 is 10.6 Å². The molecule has 0 heterocycles. The number of hydrogen-bond acceptors (Lipinski definition) is 6. The molecular formula is C34H48N2O4. The van der Waals surface area contributed by atoms with Crippen LogP contribution in [0.5, 0.6) is 0 Å². The van der Waals surface area contributed by atoms with Crippen LogP contribution in [0, 0.1) is 11.8 Å². The number of carbonyl (C=O) groups is 2. The Labute approximate surface area is 240 Å². The molecule has 0 aliphatic heterocycles. The molecule has 2 saturated carbocycles. The standard InChI is InChI=1S/C34H48N2O4/c1-7-39-31-19-29(25-13-9-11-15-27(25)31)33(23(5)37)21(3)35-17-18-36-22(4)34(24(6)38)30-20-32(40-8-2)28-16-12-10-14-26(28)30/h19-20,27-28,35-36H,7-18H2,1-6H3/b33-21+,34-22+/t27-,28+. The van der Waals surface area contributed by atoms with Crippen molar-refractivity contribution < 1.29 is 19.1 Å². The SMILES string of the molecule is CCOC1=CC(/C(C(C)=O)=C(\C)NCCN/C(C)=C(\C(C)=O)C2=C3CCCC[C@H]3C(OCC)=C2)=C2CCCC[C@H]12. The summed E-state index contributed by atoms with van der Waals surface area (Å²) < 4.78 is 12.0. The molecular weight excluding hydrogens is 500 g/mol. The van der Waals surface area contributed by atoms with Crippen LogP contribution in [-0.4, -0.2) is 37.9 Å². The van der Waals surface area contributed by atoms with E-state index in [1.165, 1.54) is 24.0 Å². The summed E-state index contributed by atoms with van der Waals surface area (Å²) >= 11 is 0. The van der Waals surface area contributed by atoms with Crippen molar-refractivity contribution in [1.29, 1.82) is 0 Å². The fraction of sp³-hybridized carbons (Fsp3) is 0.588. The summed E-state index contributed by atoms with van der Waals surface area (Å²) in [5, 5.41) is 6.97. The highest BCUT2D eigenvalue weighted by atomic mass is 16.5. The molecule has 0 aromatic rings. The van der Waals surface area contributed by atoms with E-state index in [9.17, 15) is 9.59 Å². The van der Waals surface area contributed by atoms with Crippen LogP contribution in [0.25, 0.3) is 0 Å².